The highest BCUT2D eigenvalue weighted by Gasteiger charge is 2.29. The van der Waals surface area contributed by atoms with E-state index in [9.17, 15) is 4.39 Å². The number of likely N-dealkylation sites (tertiary alicyclic amines) is 1. The Balaban J connectivity index is 1.68. The van der Waals surface area contributed by atoms with Crippen LogP contribution < -0.4 is 9.47 Å². The number of hydrogen-bond donors (Lipinski definition) is 0. The summed E-state index contributed by atoms with van der Waals surface area (Å²) in [6, 6.07) is 14.6. The number of halogens is 1. The largest absolute Gasteiger partial charge is 0.497 e. The van der Waals surface area contributed by atoms with Gasteiger partial charge in [-0.2, -0.15) is 0 Å². The molecule has 0 aliphatic carbocycles. The van der Waals surface area contributed by atoms with Gasteiger partial charge in [0.2, 0.25) is 0 Å². The lowest BCUT2D eigenvalue weighted by Gasteiger charge is -2.37. The molecule has 2 unspecified atom stereocenters. The summed E-state index contributed by atoms with van der Waals surface area (Å²) in [7, 11) is 3.79. The number of benzene rings is 2. The molecule has 1 saturated heterocycles. The molecule has 24 heavy (non-hydrogen) atoms. The Bertz CT molecular complexity index is 642. The molecule has 0 N–H and O–H groups in total. The van der Waals surface area contributed by atoms with Crippen molar-refractivity contribution in [2.24, 2.45) is 5.92 Å². The molecular weight excluding hydrogens is 305 g/mol. The van der Waals surface area contributed by atoms with Gasteiger partial charge >= 0.3 is 0 Å². The van der Waals surface area contributed by atoms with Crippen LogP contribution in [0.2, 0.25) is 0 Å². The van der Waals surface area contributed by atoms with Crippen molar-refractivity contribution in [2.45, 2.75) is 12.3 Å². The zero-order valence-electron chi connectivity index (χ0n) is 14.2. The Labute approximate surface area is 143 Å². The van der Waals surface area contributed by atoms with Crippen LogP contribution in [0.3, 0.4) is 0 Å². The lowest BCUT2D eigenvalue weighted by atomic mass is 9.81. The van der Waals surface area contributed by atoms with E-state index in [2.05, 4.69) is 11.9 Å². The van der Waals surface area contributed by atoms with Gasteiger partial charge in [-0.1, -0.05) is 12.1 Å². The van der Waals surface area contributed by atoms with Crippen LogP contribution in [-0.2, 0) is 0 Å². The van der Waals surface area contributed by atoms with Crippen LogP contribution in [0.15, 0.2) is 48.5 Å². The molecule has 4 heteroatoms. The van der Waals surface area contributed by atoms with Crippen molar-refractivity contribution in [2.75, 3.05) is 33.9 Å². The molecule has 2 aromatic rings. The lowest BCUT2D eigenvalue weighted by Crippen LogP contribution is -2.39. The maximum Gasteiger partial charge on any atom is 0.123 e. The number of piperidine rings is 1. The summed E-state index contributed by atoms with van der Waals surface area (Å²) in [5, 5.41) is 0. The number of rotatable bonds is 5. The molecule has 1 fully saturated rings. The van der Waals surface area contributed by atoms with Crippen molar-refractivity contribution in [1.29, 1.82) is 0 Å². The van der Waals surface area contributed by atoms with E-state index in [1.54, 1.807) is 19.2 Å². The normalized spacial score (nSPS) is 21.5. The van der Waals surface area contributed by atoms with Crippen LogP contribution in [0.5, 0.6) is 11.5 Å². The average Bonchev–Trinajstić information content (AvgIpc) is 2.61. The molecule has 0 saturated carbocycles. The zero-order chi connectivity index (χ0) is 16.9. The van der Waals surface area contributed by atoms with Gasteiger partial charge in [-0.25, -0.2) is 4.39 Å². The van der Waals surface area contributed by atoms with E-state index in [0.717, 1.165) is 31.0 Å². The van der Waals surface area contributed by atoms with Crippen molar-refractivity contribution in [1.82, 2.24) is 4.90 Å². The Kier molecular flexibility index (Phi) is 5.36. The first-order valence-electron chi connectivity index (χ1n) is 8.36. The maximum absolute atomic E-state index is 13.2. The van der Waals surface area contributed by atoms with Crippen LogP contribution in [0, 0.1) is 11.7 Å². The van der Waals surface area contributed by atoms with Gasteiger partial charge in [0.15, 0.2) is 0 Å². The summed E-state index contributed by atoms with van der Waals surface area (Å²) in [5.74, 6) is 2.28. The van der Waals surface area contributed by atoms with Gasteiger partial charge < -0.3 is 14.4 Å². The second-order valence-electron chi connectivity index (χ2n) is 6.46. The summed E-state index contributed by atoms with van der Waals surface area (Å²) in [6.07, 6.45) is 1.07. The fourth-order valence-electron chi connectivity index (χ4n) is 3.41. The Hall–Kier alpha value is -2.07. The summed E-state index contributed by atoms with van der Waals surface area (Å²) in [5.41, 5.74) is 1.20. The highest BCUT2D eigenvalue weighted by Crippen LogP contribution is 2.33. The van der Waals surface area contributed by atoms with Gasteiger partial charge in [-0.15, -0.1) is 0 Å². The van der Waals surface area contributed by atoms with E-state index in [0.29, 0.717) is 18.4 Å². The van der Waals surface area contributed by atoms with Gasteiger partial charge in [-0.05, 0) is 67.9 Å². The molecular formula is C20H24FNO2. The van der Waals surface area contributed by atoms with Crippen molar-refractivity contribution in [3.05, 3.63) is 59.9 Å². The highest BCUT2D eigenvalue weighted by atomic mass is 19.1. The molecule has 1 aliphatic heterocycles. The zero-order valence-corrected chi connectivity index (χ0v) is 14.2. The molecule has 3 rings (SSSR count). The molecule has 3 nitrogen and oxygen atoms in total. The molecule has 1 aliphatic rings. The van der Waals surface area contributed by atoms with Crippen molar-refractivity contribution in [3.63, 3.8) is 0 Å². The standard InChI is InChI=1S/C20H24FNO2/c1-22-12-11-20(15-3-5-17(21)6-4-15)16(13-22)14-24-19-9-7-18(23-2)8-10-19/h3-10,16,20H,11-14H2,1-2H3. The first-order valence-corrected chi connectivity index (χ1v) is 8.36. The van der Waals surface area contributed by atoms with Gasteiger partial charge in [0, 0.05) is 12.5 Å². The number of nitrogens with zero attached hydrogens (tertiary/aromatic N) is 1. The van der Waals surface area contributed by atoms with E-state index in [4.69, 9.17) is 9.47 Å². The molecule has 1 heterocycles. The van der Waals surface area contributed by atoms with Gasteiger partial charge in [0.25, 0.3) is 0 Å². The molecule has 2 atom stereocenters. The fraction of sp³-hybridized carbons (Fsp3) is 0.400. The van der Waals surface area contributed by atoms with E-state index in [1.165, 1.54) is 5.56 Å². The van der Waals surface area contributed by atoms with E-state index >= 15 is 0 Å². The fourth-order valence-corrected chi connectivity index (χ4v) is 3.41. The van der Waals surface area contributed by atoms with E-state index in [1.807, 2.05) is 36.4 Å². The topological polar surface area (TPSA) is 21.7 Å². The third kappa shape index (κ3) is 4.06. The minimum absolute atomic E-state index is 0.183. The number of methoxy groups -OCH3 is 1. The second-order valence-corrected chi connectivity index (χ2v) is 6.46. The van der Waals surface area contributed by atoms with Crippen molar-refractivity contribution < 1.29 is 13.9 Å². The minimum Gasteiger partial charge on any atom is -0.497 e. The van der Waals surface area contributed by atoms with Gasteiger partial charge in [-0.3, -0.25) is 0 Å². The van der Waals surface area contributed by atoms with Crippen LogP contribution in [0.25, 0.3) is 0 Å². The van der Waals surface area contributed by atoms with Crippen LogP contribution in [0.4, 0.5) is 4.39 Å². The molecule has 0 amide bonds. The molecule has 0 bridgehead atoms. The predicted octanol–water partition coefficient (Wildman–Crippen LogP) is 3.95. The third-order valence-electron chi connectivity index (χ3n) is 4.76. The minimum atomic E-state index is -0.183. The molecule has 0 aromatic heterocycles. The highest BCUT2D eigenvalue weighted by molar-refractivity contribution is 5.31. The summed E-state index contributed by atoms with van der Waals surface area (Å²) >= 11 is 0. The quantitative estimate of drug-likeness (QED) is 0.829. The maximum atomic E-state index is 13.2. The SMILES string of the molecule is COc1ccc(OCC2CN(C)CCC2c2ccc(F)cc2)cc1. The van der Waals surface area contributed by atoms with Crippen molar-refractivity contribution >= 4 is 0 Å². The summed E-state index contributed by atoms with van der Waals surface area (Å²) in [6.45, 7) is 2.69. The predicted molar refractivity (Wildman–Crippen MR) is 93.2 cm³/mol. The molecule has 0 radical (unpaired) electrons. The monoisotopic (exact) mass is 329 g/mol. The Morgan fingerprint density at radius 1 is 1.04 bits per heavy atom. The summed E-state index contributed by atoms with van der Waals surface area (Å²) < 4.78 is 24.4. The Morgan fingerprint density at radius 2 is 1.71 bits per heavy atom. The molecule has 0 spiro atoms. The van der Waals surface area contributed by atoms with Crippen LogP contribution >= 0.6 is 0 Å². The van der Waals surface area contributed by atoms with E-state index in [-0.39, 0.29) is 5.82 Å². The van der Waals surface area contributed by atoms with E-state index < -0.39 is 0 Å². The molecule has 128 valence electrons. The smallest absolute Gasteiger partial charge is 0.123 e. The lowest BCUT2D eigenvalue weighted by molar-refractivity contribution is 0.129. The van der Waals surface area contributed by atoms with Crippen molar-refractivity contribution in [3.8, 4) is 11.5 Å². The van der Waals surface area contributed by atoms with Crippen LogP contribution in [0.1, 0.15) is 17.9 Å². The molecule has 2 aromatic carbocycles. The van der Waals surface area contributed by atoms with Gasteiger partial charge in [0.05, 0.1) is 13.7 Å². The first-order chi connectivity index (χ1) is 11.7. The van der Waals surface area contributed by atoms with Crippen LogP contribution in [-0.4, -0.2) is 38.8 Å². The first kappa shape index (κ1) is 16.8. The summed E-state index contributed by atoms with van der Waals surface area (Å²) in [4.78, 5) is 2.34. The van der Waals surface area contributed by atoms with Gasteiger partial charge in [0.1, 0.15) is 17.3 Å². The Morgan fingerprint density at radius 3 is 2.38 bits per heavy atom. The third-order valence-corrected chi connectivity index (χ3v) is 4.76. The number of hydrogen-bond acceptors (Lipinski definition) is 3. The number of ether oxygens (including phenoxy) is 2. The second kappa shape index (κ2) is 7.67. The average molecular weight is 329 g/mol.